The van der Waals surface area contributed by atoms with Crippen molar-refractivity contribution in [2.75, 3.05) is 13.1 Å². The number of alkyl carbamates (subject to hydrolysis) is 1. The molecule has 10 nitrogen and oxygen atoms in total. The lowest BCUT2D eigenvalue weighted by molar-refractivity contribution is 0.0946. The molecule has 2 atom stereocenters. The van der Waals surface area contributed by atoms with Crippen molar-refractivity contribution in [1.29, 1.82) is 0 Å². The van der Waals surface area contributed by atoms with Crippen LogP contribution in [0.3, 0.4) is 0 Å². The molecule has 1 amide bonds. The maximum Gasteiger partial charge on any atom is 0.407 e. The number of nitrogens with one attached hydrogen (secondary N) is 2. The van der Waals surface area contributed by atoms with Crippen LogP contribution in [0.15, 0.2) is 95.9 Å². The molecule has 1 aliphatic heterocycles. The van der Waals surface area contributed by atoms with Crippen molar-refractivity contribution >= 4 is 17.1 Å². The van der Waals surface area contributed by atoms with Crippen LogP contribution in [-0.2, 0) is 24.1 Å². The quantitative estimate of drug-likeness (QED) is 0.190. The second-order valence-electron chi connectivity index (χ2n) is 13.0. The predicted octanol–water partition coefficient (Wildman–Crippen LogP) is 5.82. The zero-order valence-electron chi connectivity index (χ0n) is 26.7. The molecule has 1 aliphatic carbocycles. The van der Waals surface area contributed by atoms with Crippen LogP contribution in [0.1, 0.15) is 67.4 Å². The number of H-pyrrole nitrogens is 1. The summed E-state index contributed by atoms with van der Waals surface area (Å²) in [4.78, 5) is 31.4. The Morgan fingerprint density at radius 2 is 1.53 bits per heavy atom. The topological polar surface area (TPSA) is 110 Å². The van der Waals surface area contributed by atoms with Crippen molar-refractivity contribution < 1.29 is 9.53 Å². The largest absolute Gasteiger partial charge is 0.446 e. The first-order valence-electron chi connectivity index (χ1n) is 17.0. The summed E-state index contributed by atoms with van der Waals surface area (Å²) in [6.07, 6.45) is 8.78. The van der Waals surface area contributed by atoms with Gasteiger partial charge in [-0.15, -0.1) is 5.10 Å². The van der Waals surface area contributed by atoms with E-state index in [9.17, 15) is 9.59 Å². The fraction of sp³-hybridized carbons (Fsp3) is 0.405. The maximum absolute atomic E-state index is 13.3. The summed E-state index contributed by atoms with van der Waals surface area (Å²) in [7, 11) is 0. The van der Waals surface area contributed by atoms with E-state index in [-0.39, 0.29) is 36.0 Å². The molecule has 0 unspecified atom stereocenters. The SMILES string of the molecule is O=C(N[C@@H](Cc1ccccc1)[C@H](Cc1ccccc1)n1cc(CN2CCC(n3c(=O)[nH]c4ccccc43)CC2)nn1)OC1CCCC1. The number of hydrogen-bond acceptors (Lipinski definition) is 6. The standard InChI is InChI=1S/C37H43N7O3/c45-36-38-32-17-9-10-18-34(32)44(36)30-19-21-42(22-20-30)25-29-26-43(41-40-29)35(24-28-13-5-2-6-14-28)33(23-27-11-3-1-4-12-27)39-37(46)47-31-15-7-8-16-31/h1-6,9-14,17-18,26,30-31,33,35H,7-8,15-16,19-25H2,(H,38,45)(H,39,46)/t33-,35-/m0/s1. The lowest BCUT2D eigenvalue weighted by Crippen LogP contribution is -2.45. The number of benzene rings is 3. The summed E-state index contributed by atoms with van der Waals surface area (Å²) in [5.74, 6) is 0. The average molecular weight is 634 g/mol. The fourth-order valence-electron chi connectivity index (χ4n) is 7.32. The van der Waals surface area contributed by atoms with Crippen molar-refractivity contribution in [1.82, 2.24) is 34.8 Å². The number of likely N-dealkylation sites (tertiary alicyclic amines) is 1. The van der Waals surface area contributed by atoms with Gasteiger partial charge < -0.3 is 15.0 Å². The minimum atomic E-state index is -0.367. The molecule has 1 saturated heterocycles. The van der Waals surface area contributed by atoms with Gasteiger partial charge in [-0.3, -0.25) is 9.47 Å². The molecular weight excluding hydrogens is 590 g/mol. The van der Waals surface area contributed by atoms with Gasteiger partial charge in [0.25, 0.3) is 0 Å². The molecular formula is C37H43N7O3. The molecule has 5 aromatic rings. The zero-order valence-corrected chi connectivity index (χ0v) is 26.7. The van der Waals surface area contributed by atoms with E-state index < -0.39 is 0 Å². The Labute approximate surface area is 274 Å². The number of hydrogen-bond donors (Lipinski definition) is 2. The minimum Gasteiger partial charge on any atom is -0.446 e. The summed E-state index contributed by atoms with van der Waals surface area (Å²) in [6.45, 7) is 2.40. The molecule has 7 rings (SSSR count). The van der Waals surface area contributed by atoms with Crippen molar-refractivity contribution in [3.63, 3.8) is 0 Å². The molecule has 2 fully saturated rings. The van der Waals surface area contributed by atoms with Crippen molar-refractivity contribution in [3.8, 4) is 0 Å². The highest BCUT2D eigenvalue weighted by Gasteiger charge is 2.30. The van der Waals surface area contributed by atoms with Crippen molar-refractivity contribution in [2.45, 2.75) is 82.1 Å². The van der Waals surface area contributed by atoms with Gasteiger partial charge in [-0.1, -0.05) is 78.0 Å². The summed E-state index contributed by atoms with van der Waals surface area (Å²) in [6, 6.07) is 28.2. The average Bonchev–Trinajstić information content (AvgIpc) is 3.85. The Morgan fingerprint density at radius 1 is 0.872 bits per heavy atom. The van der Waals surface area contributed by atoms with E-state index in [0.717, 1.165) is 79.5 Å². The highest BCUT2D eigenvalue weighted by atomic mass is 16.6. The van der Waals surface area contributed by atoms with Crippen LogP contribution in [0.25, 0.3) is 11.0 Å². The van der Waals surface area contributed by atoms with E-state index in [2.05, 4.69) is 49.8 Å². The van der Waals surface area contributed by atoms with E-state index in [0.29, 0.717) is 19.4 Å². The number of piperidine rings is 1. The number of fused-ring (bicyclic) bond motifs is 1. The smallest absolute Gasteiger partial charge is 0.407 e. The molecule has 1 saturated carbocycles. The number of nitrogens with zero attached hydrogens (tertiary/aromatic N) is 5. The summed E-state index contributed by atoms with van der Waals surface area (Å²) < 4.78 is 9.72. The Kier molecular flexibility index (Phi) is 9.46. The van der Waals surface area contributed by atoms with Crippen molar-refractivity contribution in [3.05, 3.63) is 118 Å². The zero-order chi connectivity index (χ0) is 32.0. The van der Waals surface area contributed by atoms with E-state index in [1.807, 2.05) is 76.1 Å². The molecule has 0 bridgehead atoms. The molecule has 10 heteroatoms. The Hall–Kier alpha value is -4.70. The summed E-state index contributed by atoms with van der Waals surface area (Å²) in [5, 5.41) is 12.5. The highest BCUT2D eigenvalue weighted by Crippen LogP contribution is 2.27. The normalized spacial score (nSPS) is 17.5. The van der Waals surface area contributed by atoms with Gasteiger partial charge in [0.15, 0.2) is 0 Å². The van der Waals surface area contributed by atoms with Gasteiger partial charge in [0.05, 0.1) is 35.0 Å². The number of para-hydroxylation sites is 2. The van der Waals surface area contributed by atoms with Gasteiger partial charge in [-0.05, 0) is 74.6 Å². The predicted molar refractivity (Wildman–Crippen MR) is 181 cm³/mol. The Bertz CT molecular complexity index is 1800. The molecule has 2 aliphatic rings. The van der Waals surface area contributed by atoms with E-state index in [1.165, 1.54) is 0 Å². The lowest BCUT2D eigenvalue weighted by atomic mass is 9.94. The number of carbonyl (C=O) groups excluding carboxylic acids is 1. The second kappa shape index (κ2) is 14.4. The number of amides is 1. The van der Waals surface area contributed by atoms with E-state index in [1.54, 1.807) is 0 Å². The molecule has 2 N–H and O–H groups in total. The van der Waals surface area contributed by atoms with E-state index >= 15 is 0 Å². The number of aromatic nitrogens is 5. The fourth-order valence-corrected chi connectivity index (χ4v) is 7.32. The third kappa shape index (κ3) is 7.49. The number of carbonyl (C=O) groups is 1. The van der Waals surface area contributed by atoms with Crippen molar-refractivity contribution in [2.24, 2.45) is 0 Å². The van der Waals surface area contributed by atoms with Crippen LogP contribution < -0.4 is 11.0 Å². The number of aromatic amines is 1. The number of imidazole rings is 1. The second-order valence-corrected chi connectivity index (χ2v) is 13.0. The lowest BCUT2D eigenvalue weighted by Gasteiger charge is -2.32. The minimum absolute atomic E-state index is 0.0170. The van der Waals surface area contributed by atoms with Gasteiger partial charge in [-0.25, -0.2) is 14.3 Å². The maximum atomic E-state index is 13.3. The third-order valence-corrected chi connectivity index (χ3v) is 9.76. The first kappa shape index (κ1) is 30.9. The van der Waals surface area contributed by atoms with Crippen LogP contribution in [0.2, 0.25) is 0 Å². The van der Waals surface area contributed by atoms with Gasteiger partial charge in [-0.2, -0.15) is 0 Å². The van der Waals surface area contributed by atoms with Crippen LogP contribution in [0.5, 0.6) is 0 Å². The monoisotopic (exact) mass is 633 g/mol. The van der Waals surface area contributed by atoms with Gasteiger partial charge >= 0.3 is 11.8 Å². The number of ether oxygens (including phenoxy) is 1. The van der Waals surface area contributed by atoms with Crippen LogP contribution >= 0.6 is 0 Å². The molecule has 0 radical (unpaired) electrons. The number of rotatable bonds is 11. The highest BCUT2D eigenvalue weighted by molar-refractivity contribution is 5.75. The van der Waals surface area contributed by atoms with Crippen LogP contribution in [0.4, 0.5) is 4.79 Å². The first-order valence-corrected chi connectivity index (χ1v) is 17.0. The van der Waals surface area contributed by atoms with E-state index in [4.69, 9.17) is 4.74 Å². The first-order chi connectivity index (χ1) is 23.1. The van der Waals surface area contributed by atoms with Crippen LogP contribution in [-0.4, -0.2) is 60.8 Å². The van der Waals surface area contributed by atoms with Gasteiger partial charge in [0, 0.05) is 25.7 Å². The summed E-state index contributed by atoms with van der Waals surface area (Å²) >= 11 is 0. The molecule has 3 aromatic carbocycles. The Morgan fingerprint density at radius 3 is 2.26 bits per heavy atom. The molecule has 244 valence electrons. The molecule has 2 aromatic heterocycles. The summed E-state index contributed by atoms with van der Waals surface area (Å²) in [5.41, 5.74) is 4.99. The van der Waals surface area contributed by atoms with Gasteiger partial charge in [0.2, 0.25) is 0 Å². The molecule has 3 heterocycles. The molecule has 0 spiro atoms. The third-order valence-electron chi connectivity index (χ3n) is 9.76. The van der Waals surface area contributed by atoms with Crippen LogP contribution in [0, 0.1) is 0 Å². The molecule has 47 heavy (non-hydrogen) atoms. The van der Waals surface area contributed by atoms with Gasteiger partial charge in [0.1, 0.15) is 6.10 Å². The Balaban J connectivity index is 1.08.